The first-order valence-electron chi connectivity index (χ1n) is 6.79. The highest BCUT2D eigenvalue weighted by molar-refractivity contribution is 5.89. The molecule has 104 valence electrons. The van der Waals surface area contributed by atoms with Crippen molar-refractivity contribution in [1.29, 1.82) is 0 Å². The van der Waals surface area contributed by atoms with Crippen molar-refractivity contribution < 1.29 is 4.79 Å². The first kappa shape index (κ1) is 12.7. The average Bonchev–Trinajstić information content (AvgIpc) is 3.11. The van der Waals surface area contributed by atoms with Gasteiger partial charge in [-0.1, -0.05) is 0 Å². The first-order valence-corrected chi connectivity index (χ1v) is 6.79. The average molecular weight is 271 g/mol. The summed E-state index contributed by atoms with van der Waals surface area (Å²) in [6.07, 6.45) is 7.60. The SMILES string of the molecule is O=C(Cn1cccc1)Nc1cc(N2CCCC2)ncn1. The van der Waals surface area contributed by atoms with Gasteiger partial charge in [-0.25, -0.2) is 9.97 Å². The molecule has 6 heteroatoms. The molecule has 2 aromatic heterocycles. The highest BCUT2D eigenvalue weighted by Crippen LogP contribution is 2.19. The van der Waals surface area contributed by atoms with E-state index in [1.165, 1.54) is 19.2 Å². The van der Waals surface area contributed by atoms with Crippen molar-refractivity contribution in [3.05, 3.63) is 36.9 Å². The van der Waals surface area contributed by atoms with Crippen LogP contribution in [0.5, 0.6) is 0 Å². The molecule has 3 heterocycles. The third-order valence-electron chi connectivity index (χ3n) is 3.34. The molecule has 1 saturated heterocycles. The first-order chi connectivity index (χ1) is 9.81. The minimum absolute atomic E-state index is 0.0905. The van der Waals surface area contributed by atoms with Gasteiger partial charge in [0.05, 0.1) is 0 Å². The van der Waals surface area contributed by atoms with Crippen LogP contribution in [-0.2, 0) is 11.3 Å². The van der Waals surface area contributed by atoms with Crippen LogP contribution in [0, 0.1) is 0 Å². The Labute approximate surface area is 117 Å². The lowest BCUT2D eigenvalue weighted by Crippen LogP contribution is -2.21. The van der Waals surface area contributed by atoms with E-state index < -0.39 is 0 Å². The van der Waals surface area contributed by atoms with Crippen LogP contribution in [0.3, 0.4) is 0 Å². The molecule has 2 aromatic rings. The van der Waals surface area contributed by atoms with Crippen molar-refractivity contribution in [3.8, 4) is 0 Å². The van der Waals surface area contributed by atoms with Crippen molar-refractivity contribution in [2.45, 2.75) is 19.4 Å². The molecule has 1 fully saturated rings. The number of rotatable bonds is 4. The molecule has 0 atom stereocenters. The second-order valence-corrected chi connectivity index (χ2v) is 4.86. The van der Waals surface area contributed by atoms with E-state index in [1.807, 2.05) is 35.2 Å². The molecular formula is C14H17N5O. The van der Waals surface area contributed by atoms with Gasteiger partial charge in [0.15, 0.2) is 0 Å². The minimum Gasteiger partial charge on any atom is -0.356 e. The predicted molar refractivity (Wildman–Crippen MR) is 76.5 cm³/mol. The van der Waals surface area contributed by atoms with Gasteiger partial charge in [-0.2, -0.15) is 0 Å². The molecule has 0 bridgehead atoms. The summed E-state index contributed by atoms with van der Waals surface area (Å²) in [6, 6.07) is 5.62. The summed E-state index contributed by atoms with van der Waals surface area (Å²) >= 11 is 0. The molecule has 0 aliphatic carbocycles. The van der Waals surface area contributed by atoms with Gasteiger partial charge in [0.25, 0.3) is 0 Å². The van der Waals surface area contributed by atoms with Crippen LogP contribution in [0.1, 0.15) is 12.8 Å². The van der Waals surface area contributed by atoms with Gasteiger partial charge in [0.1, 0.15) is 24.5 Å². The maximum Gasteiger partial charge on any atom is 0.245 e. The van der Waals surface area contributed by atoms with Crippen LogP contribution in [-0.4, -0.2) is 33.5 Å². The Balaban J connectivity index is 1.64. The number of carbonyl (C=O) groups is 1. The molecular weight excluding hydrogens is 254 g/mol. The molecule has 0 unspecified atom stereocenters. The van der Waals surface area contributed by atoms with Crippen LogP contribution in [0.25, 0.3) is 0 Å². The zero-order chi connectivity index (χ0) is 13.8. The third-order valence-corrected chi connectivity index (χ3v) is 3.34. The molecule has 0 saturated carbocycles. The van der Waals surface area contributed by atoms with E-state index in [4.69, 9.17) is 0 Å². The monoisotopic (exact) mass is 271 g/mol. The van der Waals surface area contributed by atoms with Gasteiger partial charge < -0.3 is 14.8 Å². The molecule has 0 aromatic carbocycles. The number of carbonyl (C=O) groups excluding carboxylic acids is 1. The van der Waals surface area contributed by atoms with Crippen LogP contribution >= 0.6 is 0 Å². The Morgan fingerprint density at radius 2 is 1.95 bits per heavy atom. The van der Waals surface area contributed by atoms with Crippen molar-refractivity contribution >= 4 is 17.5 Å². The second-order valence-electron chi connectivity index (χ2n) is 4.86. The summed E-state index contributed by atoms with van der Waals surface area (Å²) in [6.45, 7) is 2.33. The summed E-state index contributed by atoms with van der Waals surface area (Å²) in [5.74, 6) is 1.35. The highest BCUT2D eigenvalue weighted by Gasteiger charge is 2.14. The maximum atomic E-state index is 11.9. The van der Waals surface area contributed by atoms with Crippen molar-refractivity contribution in [1.82, 2.24) is 14.5 Å². The molecule has 1 aliphatic heterocycles. The van der Waals surface area contributed by atoms with E-state index in [1.54, 1.807) is 0 Å². The van der Waals surface area contributed by atoms with Crippen molar-refractivity contribution in [2.24, 2.45) is 0 Å². The molecule has 3 rings (SSSR count). The zero-order valence-electron chi connectivity index (χ0n) is 11.2. The Morgan fingerprint density at radius 1 is 1.20 bits per heavy atom. The van der Waals surface area contributed by atoms with Crippen molar-refractivity contribution in [2.75, 3.05) is 23.3 Å². The minimum atomic E-state index is -0.0905. The normalized spacial score (nSPS) is 14.5. The Kier molecular flexibility index (Phi) is 3.62. The third kappa shape index (κ3) is 2.96. The number of anilines is 2. The number of hydrogen-bond donors (Lipinski definition) is 1. The number of amides is 1. The molecule has 1 N–H and O–H groups in total. The van der Waals surface area contributed by atoms with E-state index in [2.05, 4.69) is 20.2 Å². The summed E-state index contributed by atoms with van der Waals surface area (Å²) in [5.41, 5.74) is 0. The number of aromatic nitrogens is 3. The Morgan fingerprint density at radius 3 is 2.70 bits per heavy atom. The van der Waals surface area contributed by atoms with Gasteiger partial charge in [0, 0.05) is 31.5 Å². The van der Waals surface area contributed by atoms with E-state index in [0.717, 1.165) is 18.9 Å². The highest BCUT2D eigenvalue weighted by atomic mass is 16.2. The lowest BCUT2D eigenvalue weighted by Gasteiger charge is -2.16. The van der Waals surface area contributed by atoms with Crippen LogP contribution in [0.4, 0.5) is 11.6 Å². The Hall–Kier alpha value is -2.37. The Bertz CT molecular complexity index is 575. The molecule has 0 spiro atoms. The van der Waals surface area contributed by atoms with Gasteiger partial charge in [0.2, 0.25) is 5.91 Å². The lowest BCUT2D eigenvalue weighted by molar-refractivity contribution is -0.116. The fourth-order valence-electron chi connectivity index (χ4n) is 2.36. The standard InChI is InChI=1S/C14H17N5O/c20-14(10-18-5-1-2-6-18)17-12-9-13(16-11-15-12)19-7-3-4-8-19/h1-2,5-6,9,11H,3-4,7-8,10H2,(H,15,16,17,20). The van der Waals surface area contributed by atoms with Gasteiger partial charge in [-0.05, 0) is 25.0 Å². The van der Waals surface area contributed by atoms with Gasteiger partial charge >= 0.3 is 0 Å². The fourth-order valence-corrected chi connectivity index (χ4v) is 2.36. The predicted octanol–water partition coefficient (Wildman–Crippen LogP) is 1.52. The number of nitrogens with zero attached hydrogens (tertiary/aromatic N) is 4. The summed E-state index contributed by atoms with van der Waals surface area (Å²) in [5, 5.41) is 2.81. The molecule has 6 nitrogen and oxygen atoms in total. The van der Waals surface area contributed by atoms with E-state index >= 15 is 0 Å². The summed E-state index contributed by atoms with van der Waals surface area (Å²) in [7, 11) is 0. The lowest BCUT2D eigenvalue weighted by atomic mass is 10.4. The fraction of sp³-hybridized carbons (Fsp3) is 0.357. The summed E-state index contributed by atoms with van der Waals surface area (Å²) < 4.78 is 1.82. The van der Waals surface area contributed by atoms with E-state index in [9.17, 15) is 4.79 Å². The second kappa shape index (κ2) is 5.73. The van der Waals surface area contributed by atoms with E-state index in [-0.39, 0.29) is 12.5 Å². The summed E-state index contributed by atoms with van der Waals surface area (Å²) in [4.78, 5) is 22.5. The van der Waals surface area contributed by atoms with Crippen LogP contribution in [0.15, 0.2) is 36.9 Å². The van der Waals surface area contributed by atoms with Gasteiger partial charge in [-0.15, -0.1) is 0 Å². The molecule has 1 amide bonds. The number of hydrogen-bond acceptors (Lipinski definition) is 4. The van der Waals surface area contributed by atoms with Crippen LogP contribution in [0.2, 0.25) is 0 Å². The quantitative estimate of drug-likeness (QED) is 0.915. The topological polar surface area (TPSA) is 63.1 Å². The molecule has 20 heavy (non-hydrogen) atoms. The maximum absolute atomic E-state index is 11.9. The molecule has 1 aliphatic rings. The van der Waals surface area contributed by atoms with Crippen LogP contribution < -0.4 is 10.2 Å². The largest absolute Gasteiger partial charge is 0.356 e. The number of nitrogens with one attached hydrogen (secondary N) is 1. The smallest absolute Gasteiger partial charge is 0.245 e. The molecule has 0 radical (unpaired) electrons. The van der Waals surface area contributed by atoms with Gasteiger partial charge in [-0.3, -0.25) is 4.79 Å². The van der Waals surface area contributed by atoms with E-state index in [0.29, 0.717) is 5.82 Å². The van der Waals surface area contributed by atoms with Crippen molar-refractivity contribution in [3.63, 3.8) is 0 Å². The zero-order valence-corrected chi connectivity index (χ0v) is 11.2.